The number of aromatic nitrogens is 6. The molecule has 0 spiro atoms. The first-order valence-electron chi connectivity index (χ1n) is 31.2. The number of rotatable bonds is 22. The van der Waals surface area contributed by atoms with Crippen LogP contribution in [0.2, 0.25) is 0 Å². The zero-order chi connectivity index (χ0) is 60.5. The number of carbonyl (C=O) groups is 3. The standard InChI is InChI=1S/C16H36N.C13H18N4O6S.C13H18N4O3.C12H17N5O6S/c1-5-9-13-17(14-10-6-2,15-11-7-3)16-12-8-4;18-13-16-7-9(17(13)23-24(19,20)21)5-6-10(16)12-15-14-11(22-12)8-3-1-2-4-8;18-13-16-7-9(17(13)19)5-6-10(16)12-15-14-11(20-12)8-3-1-2-4-8;18-12-16-6-8(17(12)23-24(19,20)21)1-2-9(16)11-15-14-10(22-11)7-3-4-13-5-7/h5-16H2,1-4H3;8-10H,1-7H2,(H,19,20,21);8-10,19H,1-7H2;7-9,13H,1-6H2,(H,19,20,21)/q+1;;;/p-1/t;2*9-,10+;7-,8+,9-/m.110/s1. The smallest absolute Gasteiger partial charge is 0.418 e. The third-order valence-electron chi connectivity index (χ3n) is 18.3. The van der Waals surface area contributed by atoms with E-state index in [2.05, 4.69) is 72.2 Å². The molecular weight excluding hydrogens is 1150 g/mol. The summed E-state index contributed by atoms with van der Waals surface area (Å²) >= 11 is 0. The van der Waals surface area contributed by atoms with Crippen molar-refractivity contribution in [2.24, 2.45) is 0 Å². The first-order chi connectivity index (χ1) is 40.8. The number of hydrogen-bond donors (Lipinski definition) is 3. The summed E-state index contributed by atoms with van der Waals surface area (Å²) in [6.07, 6.45) is 24.6. The molecule has 6 bridgehead atoms. The molecule has 0 aromatic carbocycles. The quantitative estimate of drug-likeness (QED) is 0.0372. The third-order valence-corrected chi connectivity index (χ3v) is 19.0. The number of hydrogen-bond acceptors (Lipinski definition) is 21. The predicted molar refractivity (Wildman–Crippen MR) is 299 cm³/mol. The van der Waals surface area contributed by atoms with Crippen molar-refractivity contribution < 1.29 is 71.8 Å². The highest BCUT2D eigenvalue weighted by molar-refractivity contribution is 7.81. The molecule has 12 rings (SSSR count). The van der Waals surface area contributed by atoms with E-state index in [9.17, 15) is 41.0 Å². The summed E-state index contributed by atoms with van der Waals surface area (Å²) in [6, 6.07) is -3.65. The van der Waals surface area contributed by atoms with E-state index in [0.717, 1.165) is 75.9 Å². The topological polar surface area (TPSA) is 350 Å². The fourth-order valence-electron chi connectivity index (χ4n) is 13.6. The van der Waals surface area contributed by atoms with Gasteiger partial charge in [0.05, 0.1) is 50.2 Å². The predicted octanol–water partition coefficient (Wildman–Crippen LogP) is 7.94. The Morgan fingerprint density at radius 2 is 0.882 bits per heavy atom. The van der Waals surface area contributed by atoms with Crippen LogP contribution in [0, 0.1) is 0 Å². The lowest BCUT2D eigenvalue weighted by molar-refractivity contribution is -0.929. The Morgan fingerprint density at radius 3 is 1.26 bits per heavy atom. The van der Waals surface area contributed by atoms with Crippen molar-refractivity contribution in [1.29, 1.82) is 0 Å². The van der Waals surface area contributed by atoms with E-state index in [1.807, 2.05) is 0 Å². The molecule has 29 nitrogen and oxygen atoms in total. The van der Waals surface area contributed by atoms with Crippen LogP contribution in [0.1, 0.15) is 247 Å². The first-order valence-corrected chi connectivity index (χ1v) is 33.9. The van der Waals surface area contributed by atoms with Crippen LogP contribution in [0.15, 0.2) is 13.3 Å². The van der Waals surface area contributed by atoms with Gasteiger partial charge in [0.25, 0.3) is 0 Å². The lowest BCUT2D eigenvalue weighted by Crippen LogP contribution is -2.50. The average Bonchev–Trinajstić information content (AvgIpc) is 3.01. The first kappa shape index (κ1) is 64.3. The van der Waals surface area contributed by atoms with Crippen molar-refractivity contribution in [3.05, 3.63) is 35.3 Å². The van der Waals surface area contributed by atoms with E-state index in [1.165, 1.54) is 105 Å². The van der Waals surface area contributed by atoms with E-state index in [0.29, 0.717) is 83.6 Å². The fourth-order valence-corrected chi connectivity index (χ4v) is 14.3. The minimum absolute atomic E-state index is 0.0871. The summed E-state index contributed by atoms with van der Waals surface area (Å²) in [5.41, 5.74) is 0. The Morgan fingerprint density at radius 1 is 0.518 bits per heavy atom. The average molecular weight is 1240 g/mol. The molecule has 3 N–H and O–H groups in total. The van der Waals surface area contributed by atoms with Gasteiger partial charge in [0.15, 0.2) is 0 Å². The zero-order valence-corrected chi connectivity index (χ0v) is 51.3. The van der Waals surface area contributed by atoms with Crippen LogP contribution in [0.25, 0.3) is 0 Å². The molecule has 3 aromatic heterocycles. The number of amides is 6. The summed E-state index contributed by atoms with van der Waals surface area (Å²) in [7, 11) is -9.74. The number of quaternary nitrogens is 1. The SMILES string of the molecule is CCCC[N+](CCCC)(CCCC)CCCC.O=C1N(O)[C@@H]2CC[C@@H](c3nnc(C4CCCC4)o3)N1C2.O=C1N2C[C@@H](CC[C@H]2c2nnc(C3CCCC3)o2)N1OS(=O)(=O)[O-].O=C1N2C[C@@H](CC[C@H]2c2nnc([C@H]3CCNC3)o2)N1OS(=O)(=O)O. The maximum atomic E-state index is 12.4. The molecule has 9 aliphatic rings. The van der Waals surface area contributed by atoms with Crippen LogP contribution >= 0.6 is 0 Å². The number of carbonyl (C=O) groups excluding carboxylic acids is 3. The highest BCUT2D eigenvalue weighted by Gasteiger charge is 2.51. The number of unbranched alkanes of at least 4 members (excludes halogenated alkanes) is 4. The number of fused-ring (bicyclic) bond motifs is 6. The molecule has 31 heteroatoms. The van der Waals surface area contributed by atoms with Crippen LogP contribution < -0.4 is 5.32 Å². The monoisotopic (exact) mass is 1240 g/mol. The van der Waals surface area contributed by atoms with Crippen LogP contribution in [0.5, 0.6) is 0 Å². The molecule has 2 saturated carbocycles. The zero-order valence-electron chi connectivity index (χ0n) is 49.7. The maximum Gasteiger partial charge on any atom is 0.418 e. The van der Waals surface area contributed by atoms with Crippen molar-refractivity contribution >= 4 is 38.9 Å². The maximum absolute atomic E-state index is 12.4. The van der Waals surface area contributed by atoms with Crippen molar-refractivity contribution in [1.82, 2.24) is 65.8 Å². The number of nitrogens with zero attached hydrogens (tertiary/aromatic N) is 13. The highest BCUT2D eigenvalue weighted by atomic mass is 32.3. The molecule has 3 aromatic rings. The second kappa shape index (κ2) is 28.8. The van der Waals surface area contributed by atoms with Gasteiger partial charge in [-0.05, 0) is 103 Å². The Balaban J connectivity index is 0.000000137. The van der Waals surface area contributed by atoms with Crippen LogP contribution in [0.4, 0.5) is 14.4 Å². The summed E-state index contributed by atoms with van der Waals surface area (Å²) in [5.74, 6) is 3.94. The van der Waals surface area contributed by atoms with E-state index < -0.39 is 57.0 Å². The van der Waals surface area contributed by atoms with E-state index in [-0.39, 0.29) is 43.0 Å². The fraction of sp³-hybridized carbons (Fsp3) is 0.833. The molecule has 6 amide bonds. The summed E-state index contributed by atoms with van der Waals surface area (Å²) in [6.45, 7) is 17.8. The number of nitrogens with one attached hydrogen (secondary N) is 1. The van der Waals surface area contributed by atoms with E-state index >= 15 is 0 Å². The molecule has 10 heterocycles. The molecule has 0 radical (unpaired) electrons. The van der Waals surface area contributed by atoms with E-state index in [1.54, 1.807) is 4.90 Å². The van der Waals surface area contributed by atoms with Crippen molar-refractivity contribution in [3.63, 3.8) is 0 Å². The Bertz CT molecular complexity index is 2730. The van der Waals surface area contributed by atoms with Crippen LogP contribution in [0.3, 0.4) is 0 Å². The van der Waals surface area contributed by atoms with Gasteiger partial charge in [-0.2, -0.15) is 22.8 Å². The van der Waals surface area contributed by atoms with Gasteiger partial charge < -0.3 is 42.3 Å². The molecule has 0 unspecified atom stereocenters. The van der Waals surface area contributed by atoms with Crippen molar-refractivity contribution in [3.8, 4) is 0 Å². The van der Waals surface area contributed by atoms with Gasteiger partial charge in [0.1, 0.15) is 18.1 Å². The third kappa shape index (κ3) is 15.8. The second-order valence-electron chi connectivity index (χ2n) is 24.3. The lowest BCUT2D eigenvalue weighted by Gasteiger charge is -2.39. The molecule has 7 atom stereocenters. The largest absolute Gasteiger partial charge is 0.724 e. The van der Waals surface area contributed by atoms with Gasteiger partial charge in [0.2, 0.25) is 45.7 Å². The van der Waals surface area contributed by atoms with Crippen LogP contribution in [-0.2, 0) is 29.4 Å². The van der Waals surface area contributed by atoms with Crippen molar-refractivity contribution in [2.45, 2.75) is 229 Å². The van der Waals surface area contributed by atoms with E-state index in [4.69, 9.17) is 17.8 Å². The highest BCUT2D eigenvalue weighted by Crippen LogP contribution is 2.43. The molecule has 85 heavy (non-hydrogen) atoms. The Kier molecular flexibility index (Phi) is 21.8. The van der Waals surface area contributed by atoms with Gasteiger partial charge in [-0.25, -0.2) is 27.9 Å². The summed E-state index contributed by atoms with van der Waals surface area (Å²) in [5, 5.41) is 39.8. The summed E-state index contributed by atoms with van der Waals surface area (Å²) in [4.78, 5) is 41.1. The van der Waals surface area contributed by atoms with Gasteiger partial charge >= 0.3 is 28.5 Å². The van der Waals surface area contributed by atoms with Crippen molar-refractivity contribution in [2.75, 3.05) is 58.9 Å². The van der Waals surface area contributed by atoms with Crippen LogP contribution in [-0.4, -0.2) is 191 Å². The molecule has 9 fully saturated rings. The molecule has 2 aliphatic carbocycles. The van der Waals surface area contributed by atoms with Gasteiger partial charge in [-0.15, -0.1) is 34.9 Å². The normalized spacial score (nSPS) is 26.1. The Hall–Kier alpha value is -5.15. The minimum atomic E-state index is -4.99. The molecular formula is C54H88N14O15S2. The molecule has 476 valence electrons. The van der Waals surface area contributed by atoms with Gasteiger partial charge in [0, 0.05) is 38.0 Å². The number of hydroxylamine groups is 6. The number of piperidine rings is 3. The Labute approximate surface area is 498 Å². The van der Waals surface area contributed by atoms with Gasteiger partial charge in [-0.1, -0.05) is 79.1 Å². The molecule has 7 aliphatic heterocycles. The number of urea groups is 3. The van der Waals surface area contributed by atoms with Gasteiger partial charge in [-0.3, -0.25) is 9.76 Å². The lowest BCUT2D eigenvalue weighted by atomic mass is 10.0. The summed E-state index contributed by atoms with van der Waals surface area (Å²) < 4.78 is 90.5. The minimum Gasteiger partial charge on any atom is -0.724 e. The second-order valence-corrected chi connectivity index (χ2v) is 26.2. The molecule has 7 saturated heterocycles.